The largest absolute Gasteiger partial charge is 0.353 e. The Morgan fingerprint density at radius 2 is 1.88 bits per heavy atom. The summed E-state index contributed by atoms with van der Waals surface area (Å²) in [6, 6.07) is 8.88. The molecule has 1 saturated heterocycles. The van der Waals surface area contributed by atoms with Crippen LogP contribution in [0.5, 0.6) is 0 Å². The Kier molecular flexibility index (Phi) is 5.42. The second kappa shape index (κ2) is 7.74. The number of anilines is 2. The molecule has 2 heterocycles. The number of carbonyl (C=O) groups excluding carboxylic acids is 2. The lowest BCUT2D eigenvalue weighted by Crippen LogP contribution is -2.48. The average Bonchev–Trinajstić information content (AvgIpc) is 2.65. The molecular formula is C19H21ClN4O2. The topological polar surface area (TPSA) is 65.5 Å². The maximum atomic E-state index is 12.6. The van der Waals surface area contributed by atoms with Crippen LogP contribution in [0.4, 0.5) is 11.5 Å². The third kappa shape index (κ3) is 3.96. The lowest BCUT2D eigenvalue weighted by atomic mass is 10.1. The number of piperazine rings is 1. The summed E-state index contributed by atoms with van der Waals surface area (Å²) in [6.07, 6.45) is 1.63. The van der Waals surface area contributed by atoms with Crippen molar-refractivity contribution in [2.24, 2.45) is 0 Å². The minimum absolute atomic E-state index is 0.0858. The molecule has 0 saturated carbocycles. The van der Waals surface area contributed by atoms with Crippen LogP contribution in [0, 0.1) is 6.92 Å². The van der Waals surface area contributed by atoms with E-state index in [-0.39, 0.29) is 11.8 Å². The number of nitrogens with zero attached hydrogens (tertiary/aromatic N) is 3. The maximum Gasteiger partial charge on any atom is 0.255 e. The zero-order valence-electron chi connectivity index (χ0n) is 14.8. The number of nitrogens with one attached hydrogen (secondary N) is 1. The Labute approximate surface area is 157 Å². The molecule has 2 aromatic rings. The van der Waals surface area contributed by atoms with Gasteiger partial charge in [0.2, 0.25) is 5.91 Å². The highest BCUT2D eigenvalue weighted by Crippen LogP contribution is 2.24. The van der Waals surface area contributed by atoms with Gasteiger partial charge in [0.1, 0.15) is 5.82 Å². The van der Waals surface area contributed by atoms with Gasteiger partial charge in [0.25, 0.3) is 5.91 Å². The fourth-order valence-corrected chi connectivity index (χ4v) is 3.09. The van der Waals surface area contributed by atoms with Crippen molar-refractivity contribution in [1.82, 2.24) is 9.88 Å². The Morgan fingerprint density at radius 1 is 1.15 bits per heavy atom. The molecule has 1 aliphatic heterocycles. The predicted octanol–water partition coefficient (Wildman–Crippen LogP) is 2.96. The van der Waals surface area contributed by atoms with Crippen LogP contribution in [-0.2, 0) is 4.79 Å². The number of pyridine rings is 1. The van der Waals surface area contributed by atoms with Gasteiger partial charge in [-0.25, -0.2) is 4.98 Å². The van der Waals surface area contributed by atoms with Crippen LogP contribution < -0.4 is 10.2 Å². The normalized spacial score (nSPS) is 14.3. The third-order valence-corrected chi connectivity index (χ3v) is 4.98. The van der Waals surface area contributed by atoms with E-state index in [2.05, 4.69) is 15.2 Å². The third-order valence-electron chi connectivity index (χ3n) is 4.57. The van der Waals surface area contributed by atoms with E-state index in [1.165, 1.54) is 0 Å². The molecule has 0 atom stereocenters. The van der Waals surface area contributed by atoms with Crippen molar-refractivity contribution in [1.29, 1.82) is 0 Å². The lowest BCUT2D eigenvalue weighted by Gasteiger charge is -2.35. The first-order valence-electron chi connectivity index (χ1n) is 8.48. The molecule has 7 heteroatoms. The molecule has 0 unspecified atom stereocenters. The van der Waals surface area contributed by atoms with E-state index in [1.807, 2.05) is 17.9 Å². The molecule has 0 aliphatic carbocycles. The molecule has 136 valence electrons. The van der Waals surface area contributed by atoms with Gasteiger partial charge in [-0.05, 0) is 36.8 Å². The van der Waals surface area contributed by atoms with E-state index in [0.29, 0.717) is 42.5 Å². The monoisotopic (exact) mass is 372 g/mol. The first-order valence-corrected chi connectivity index (χ1v) is 8.86. The number of hydrogen-bond donors (Lipinski definition) is 1. The summed E-state index contributed by atoms with van der Waals surface area (Å²) in [6.45, 7) is 6.17. The summed E-state index contributed by atoms with van der Waals surface area (Å²) in [5.74, 6) is 0.618. The second-order valence-corrected chi connectivity index (χ2v) is 6.67. The molecule has 0 radical (unpaired) electrons. The van der Waals surface area contributed by atoms with Gasteiger partial charge >= 0.3 is 0 Å². The number of amides is 2. The van der Waals surface area contributed by atoms with E-state index < -0.39 is 0 Å². The second-order valence-electron chi connectivity index (χ2n) is 6.26. The molecule has 6 nitrogen and oxygen atoms in total. The van der Waals surface area contributed by atoms with Gasteiger partial charge in [-0.1, -0.05) is 17.7 Å². The number of carbonyl (C=O) groups is 2. The molecule has 1 fully saturated rings. The van der Waals surface area contributed by atoms with Crippen molar-refractivity contribution in [2.75, 3.05) is 36.4 Å². The number of hydrogen-bond acceptors (Lipinski definition) is 4. The standard InChI is InChI=1S/C19H21ClN4O2/c1-13-16(20)4-3-5-17(13)22-19(26)15-6-7-21-18(12-15)24-10-8-23(9-11-24)14(2)25/h3-7,12H,8-11H2,1-2H3,(H,22,26). The quantitative estimate of drug-likeness (QED) is 0.899. The first kappa shape index (κ1) is 18.2. The van der Waals surface area contributed by atoms with Gasteiger partial charge in [0.05, 0.1) is 0 Å². The lowest BCUT2D eigenvalue weighted by molar-refractivity contribution is -0.129. The predicted molar refractivity (Wildman–Crippen MR) is 103 cm³/mol. The molecule has 26 heavy (non-hydrogen) atoms. The van der Waals surface area contributed by atoms with Crippen molar-refractivity contribution in [3.63, 3.8) is 0 Å². The molecule has 2 amide bonds. The van der Waals surface area contributed by atoms with Crippen LogP contribution >= 0.6 is 11.6 Å². The number of rotatable bonds is 3. The molecular weight excluding hydrogens is 352 g/mol. The molecule has 3 rings (SSSR count). The Morgan fingerprint density at radius 3 is 2.58 bits per heavy atom. The maximum absolute atomic E-state index is 12.6. The number of benzene rings is 1. The Bertz CT molecular complexity index is 832. The molecule has 1 aromatic carbocycles. The van der Waals surface area contributed by atoms with E-state index in [0.717, 1.165) is 11.4 Å². The summed E-state index contributed by atoms with van der Waals surface area (Å²) >= 11 is 6.11. The van der Waals surface area contributed by atoms with Gasteiger partial charge in [0.15, 0.2) is 0 Å². The zero-order valence-corrected chi connectivity index (χ0v) is 15.6. The fraction of sp³-hybridized carbons (Fsp3) is 0.316. The Balaban J connectivity index is 1.72. The van der Waals surface area contributed by atoms with Crippen molar-refractivity contribution in [2.45, 2.75) is 13.8 Å². The van der Waals surface area contributed by atoms with Crippen molar-refractivity contribution >= 4 is 34.9 Å². The summed E-state index contributed by atoms with van der Waals surface area (Å²) < 4.78 is 0. The summed E-state index contributed by atoms with van der Waals surface area (Å²) in [5, 5.41) is 3.51. The molecule has 1 aromatic heterocycles. The van der Waals surface area contributed by atoms with E-state index >= 15 is 0 Å². The zero-order chi connectivity index (χ0) is 18.7. The van der Waals surface area contributed by atoms with E-state index in [4.69, 9.17) is 11.6 Å². The van der Waals surface area contributed by atoms with Crippen LogP contribution in [0.1, 0.15) is 22.8 Å². The van der Waals surface area contributed by atoms with Gasteiger partial charge in [-0.15, -0.1) is 0 Å². The number of halogens is 1. The molecule has 1 aliphatic rings. The molecule has 0 bridgehead atoms. The van der Waals surface area contributed by atoms with Crippen LogP contribution in [0.2, 0.25) is 5.02 Å². The van der Waals surface area contributed by atoms with Crippen LogP contribution in [-0.4, -0.2) is 47.9 Å². The van der Waals surface area contributed by atoms with Gasteiger partial charge < -0.3 is 15.1 Å². The van der Waals surface area contributed by atoms with Crippen LogP contribution in [0.3, 0.4) is 0 Å². The Hall–Kier alpha value is -2.60. The van der Waals surface area contributed by atoms with Crippen molar-refractivity contribution in [3.8, 4) is 0 Å². The molecule has 1 N–H and O–H groups in total. The summed E-state index contributed by atoms with van der Waals surface area (Å²) in [4.78, 5) is 32.3. The smallest absolute Gasteiger partial charge is 0.255 e. The summed E-state index contributed by atoms with van der Waals surface area (Å²) in [5.41, 5.74) is 2.05. The first-order chi connectivity index (χ1) is 12.5. The van der Waals surface area contributed by atoms with Crippen molar-refractivity contribution < 1.29 is 9.59 Å². The van der Waals surface area contributed by atoms with E-state index in [1.54, 1.807) is 37.4 Å². The minimum Gasteiger partial charge on any atom is -0.353 e. The van der Waals surface area contributed by atoms with Crippen LogP contribution in [0.25, 0.3) is 0 Å². The molecule has 0 spiro atoms. The van der Waals surface area contributed by atoms with Crippen LogP contribution in [0.15, 0.2) is 36.5 Å². The highest BCUT2D eigenvalue weighted by molar-refractivity contribution is 6.31. The highest BCUT2D eigenvalue weighted by atomic mass is 35.5. The van der Waals surface area contributed by atoms with Gasteiger partial charge in [0, 0.05) is 55.6 Å². The minimum atomic E-state index is -0.207. The van der Waals surface area contributed by atoms with Crippen molar-refractivity contribution in [3.05, 3.63) is 52.7 Å². The van der Waals surface area contributed by atoms with E-state index in [9.17, 15) is 9.59 Å². The van der Waals surface area contributed by atoms with Gasteiger partial charge in [-0.3, -0.25) is 9.59 Å². The highest BCUT2D eigenvalue weighted by Gasteiger charge is 2.20. The number of aromatic nitrogens is 1. The SMILES string of the molecule is CC(=O)N1CCN(c2cc(C(=O)Nc3cccc(Cl)c3C)ccn2)CC1. The summed E-state index contributed by atoms with van der Waals surface area (Å²) in [7, 11) is 0. The fourth-order valence-electron chi connectivity index (χ4n) is 2.92. The van der Waals surface area contributed by atoms with Gasteiger partial charge in [-0.2, -0.15) is 0 Å². The average molecular weight is 373 g/mol.